The highest BCUT2D eigenvalue weighted by Crippen LogP contribution is 2.13. The Morgan fingerprint density at radius 3 is 2.50 bits per heavy atom. The number of hydrogen-bond donors (Lipinski definition) is 1. The molecule has 134 valence electrons. The van der Waals surface area contributed by atoms with E-state index in [9.17, 15) is 9.18 Å². The van der Waals surface area contributed by atoms with E-state index in [1.807, 2.05) is 0 Å². The first kappa shape index (κ1) is 18.7. The van der Waals surface area contributed by atoms with Crippen molar-refractivity contribution in [3.63, 3.8) is 0 Å². The van der Waals surface area contributed by atoms with Gasteiger partial charge < -0.3 is 10.1 Å². The second-order valence-electron chi connectivity index (χ2n) is 6.49. The maximum atomic E-state index is 12.9. The fourth-order valence-electron chi connectivity index (χ4n) is 3.02. The summed E-state index contributed by atoms with van der Waals surface area (Å²) in [4.78, 5) is 16.0. The molecule has 6 heteroatoms. The van der Waals surface area contributed by atoms with E-state index in [4.69, 9.17) is 4.74 Å². The van der Waals surface area contributed by atoms with Gasteiger partial charge in [-0.25, -0.2) is 9.18 Å². The third-order valence-electron chi connectivity index (χ3n) is 4.19. The van der Waals surface area contributed by atoms with Crippen molar-refractivity contribution >= 4 is 11.7 Å². The number of nitrogens with one attached hydrogen (secondary N) is 1. The first-order valence-corrected chi connectivity index (χ1v) is 8.60. The van der Waals surface area contributed by atoms with Gasteiger partial charge >= 0.3 is 6.03 Å². The number of amides is 2. The molecule has 0 unspecified atom stereocenters. The Kier molecular flexibility index (Phi) is 6.99. The zero-order valence-corrected chi connectivity index (χ0v) is 14.8. The number of halogens is 1. The molecule has 2 rings (SSSR count). The van der Waals surface area contributed by atoms with E-state index in [2.05, 4.69) is 24.1 Å². The average Bonchev–Trinajstić information content (AvgIpc) is 2.53. The van der Waals surface area contributed by atoms with Gasteiger partial charge in [-0.05, 0) is 57.5 Å². The van der Waals surface area contributed by atoms with Gasteiger partial charge in [0, 0.05) is 32.4 Å². The van der Waals surface area contributed by atoms with Crippen LogP contribution in [-0.4, -0.2) is 56.4 Å². The number of rotatable bonds is 6. The Balaban J connectivity index is 1.63. The van der Waals surface area contributed by atoms with Crippen LogP contribution in [0.1, 0.15) is 26.7 Å². The Bertz CT molecular complexity index is 514. The summed E-state index contributed by atoms with van der Waals surface area (Å²) in [6.45, 7) is 7.83. The van der Waals surface area contributed by atoms with Crippen molar-refractivity contribution in [2.24, 2.45) is 0 Å². The van der Waals surface area contributed by atoms with Crippen LogP contribution in [0, 0.1) is 5.82 Å². The molecule has 0 aliphatic carbocycles. The summed E-state index contributed by atoms with van der Waals surface area (Å²) in [5.74, 6) is -0.306. The van der Waals surface area contributed by atoms with E-state index >= 15 is 0 Å². The lowest BCUT2D eigenvalue weighted by Gasteiger charge is -2.35. The summed E-state index contributed by atoms with van der Waals surface area (Å²) >= 11 is 0. The van der Waals surface area contributed by atoms with Gasteiger partial charge in [0.1, 0.15) is 5.82 Å². The highest BCUT2D eigenvalue weighted by molar-refractivity contribution is 5.91. The molecule has 1 fully saturated rings. The van der Waals surface area contributed by atoms with Crippen molar-refractivity contribution in [1.82, 2.24) is 10.2 Å². The van der Waals surface area contributed by atoms with E-state index in [1.54, 1.807) is 19.2 Å². The number of hydrogen-bond acceptors (Lipinski definition) is 3. The number of nitrogens with zero attached hydrogens (tertiary/aromatic N) is 2. The van der Waals surface area contributed by atoms with Crippen LogP contribution in [0.25, 0.3) is 0 Å². The fourth-order valence-corrected chi connectivity index (χ4v) is 3.02. The lowest BCUT2D eigenvalue weighted by molar-refractivity contribution is -0.0681. The van der Waals surface area contributed by atoms with Crippen LogP contribution in [0.15, 0.2) is 24.3 Å². The molecule has 2 amide bonds. The topological polar surface area (TPSA) is 44.8 Å². The number of carbonyl (C=O) groups is 1. The molecule has 0 saturated carbocycles. The highest BCUT2D eigenvalue weighted by Gasteiger charge is 2.21. The normalized spacial score (nSPS) is 21.5. The lowest BCUT2D eigenvalue weighted by atomic mass is 10.2. The van der Waals surface area contributed by atoms with Crippen molar-refractivity contribution < 1.29 is 13.9 Å². The summed E-state index contributed by atoms with van der Waals surface area (Å²) in [5, 5.41) is 2.90. The third kappa shape index (κ3) is 5.76. The second-order valence-corrected chi connectivity index (χ2v) is 6.49. The zero-order chi connectivity index (χ0) is 17.5. The molecule has 1 aliphatic rings. The van der Waals surface area contributed by atoms with Gasteiger partial charge in [-0.15, -0.1) is 0 Å². The number of carbonyl (C=O) groups excluding carboxylic acids is 1. The predicted octanol–water partition coefficient (Wildman–Crippen LogP) is 2.86. The van der Waals surface area contributed by atoms with Crippen LogP contribution in [0.3, 0.4) is 0 Å². The van der Waals surface area contributed by atoms with Crippen LogP contribution in [0.5, 0.6) is 0 Å². The van der Waals surface area contributed by atoms with Crippen LogP contribution in [0.4, 0.5) is 14.9 Å². The Morgan fingerprint density at radius 1 is 1.25 bits per heavy atom. The molecule has 1 N–H and O–H groups in total. The molecule has 1 aromatic rings. The van der Waals surface area contributed by atoms with Gasteiger partial charge in [0.15, 0.2) is 0 Å². The third-order valence-corrected chi connectivity index (χ3v) is 4.19. The molecule has 5 nitrogen and oxygen atoms in total. The second kappa shape index (κ2) is 8.99. The monoisotopic (exact) mass is 337 g/mol. The molecule has 0 bridgehead atoms. The van der Waals surface area contributed by atoms with Crippen LogP contribution in [-0.2, 0) is 4.74 Å². The van der Waals surface area contributed by atoms with Crippen molar-refractivity contribution in [3.05, 3.63) is 30.1 Å². The van der Waals surface area contributed by atoms with E-state index in [0.29, 0.717) is 12.2 Å². The number of ether oxygens (including phenoxy) is 1. The van der Waals surface area contributed by atoms with Gasteiger partial charge in [0.25, 0.3) is 0 Å². The highest BCUT2D eigenvalue weighted by atomic mass is 19.1. The Morgan fingerprint density at radius 2 is 1.88 bits per heavy atom. The molecule has 0 aromatic heterocycles. The zero-order valence-electron chi connectivity index (χ0n) is 14.8. The predicted molar refractivity (Wildman–Crippen MR) is 93.9 cm³/mol. The minimum absolute atomic E-state index is 0.171. The van der Waals surface area contributed by atoms with E-state index in [0.717, 1.165) is 32.5 Å². The van der Waals surface area contributed by atoms with Gasteiger partial charge in [0.2, 0.25) is 0 Å². The SMILES string of the molecule is C[C@@H]1CN(CCCCNC(=O)N(C)c2ccc(F)cc2)C[C@H](C)O1. The first-order chi connectivity index (χ1) is 11.5. The van der Waals surface area contributed by atoms with Crippen molar-refractivity contribution in [2.45, 2.75) is 38.9 Å². The maximum Gasteiger partial charge on any atom is 0.321 e. The smallest absolute Gasteiger partial charge is 0.321 e. The summed E-state index contributed by atoms with van der Waals surface area (Å²) in [6.07, 6.45) is 2.55. The van der Waals surface area contributed by atoms with E-state index in [1.165, 1.54) is 17.0 Å². The van der Waals surface area contributed by atoms with Crippen LogP contribution >= 0.6 is 0 Å². The largest absolute Gasteiger partial charge is 0.373 e. The van der Waals surface area contributed by atoms with Gasteiger partial charge in [-0.2, -0.15) is 0 Å². The summed E-state index contributed by atoms with van der Waals surface area (Å²) in [5.41, 5.74) is 0.671. The van der Waals surface area contributed by atoms with Gasteiger partial charge in [0.05, 0.1) is 12.2 Å². The van der Waals surface area contributed by atoms with E-state index in [-0.39, 0.29) is 24.1 Å². The van der Waals surface area contributed by atoms with Crippen molar-refractivity contribution in [2.75, 3.05) is 38.1 Å². The van der Waals surface area contributed by atoms with Crippen LogP contribution < -0.4 is 10.2 Å². The molecule has 1 saturated heterocycles. The lowest BCUT2D eigenvalue weighted by Crippen LogP contribution is -2.45. The van der Waals surface area contributed by atoms with Crippen molar-refractivity contribution in [1.29, 1.82) is 0 Å². The summed E-state index contributed by atoms with van der Waals surface area (Å²) in [7, 11) is 1.68. The number of unbranched alkanes of at least 4 members (excludes halogenated alkanes) is 1. The standard InChI is InChI=1S/C18H28FN3O2/c1-14-12-22(13-15(2)24-14)11-5-4-10-20-18(23)21(3)17-8-6-16(19)7-9-17/h6-9,14-15H,4-5,10-13H2,1-3H3,(H,20,23)/t14-,15+. The molecule has 1 aliphatic heterocycles. The number of urea groups is 1. The molecular formula is C18H28FN3O2. The Hall–Kier alpha value is -1.66. The minimum atomic E-state index is -0.306. The first-order valence-electron chi connectivity index (χ1n) is 8.60. The fraction of sp³-hybridized carbons (Fsp3) is 0.611. The Labute approximate surface area is 143 Å². The van der Waals surface area contributed by atoms with Gasteiger partial charge in [-0.1, -0.05) is 0 Å². The quantitative estimate of drug-likeness (QED) is 0.812. The maximum absolute atomic E-state index is 12.9. The average molecular weight is 337 g/mol. The van der Waals surface area contributed by atoms with Crippen LogP contribution in [0.2, 0.25) is 0 Å². The molecule has 0 radical (unpaired) electrons. The summed E-state index contributed by atoms with van der Waals surface area (Å²) in [6, 6.07) is 5.72. The minimum Gasteiger partial charge on any atom is -0.373 e. The molecular weight excluding hydrogens is 309 g/mol. The van der Waals surface area contributed by atoms with E-state index < -0.39 is 0 Å². The van der Waals surface area contributed by atoms with Gasteiger partial charge in [-0.3, -0.25) is 9.80 Å². The number of morpholine rings is 1. The molecule has 1 aromatic carbocycles. The molecule has 2 atom stereocenters. The number of benzene rings is 1. The molecule has 1 heterocycles. The molecule has 0 spiro atoms. The van der Waals surface area contributed by atoms with Crippen molar-refractivity contribution in [3.8, 4) is 0 Å². The summed E-state index contributed by atoms with van der Waals surface area (Å²) < 4.78 is 18.6. The number of anilines is 1. The molecule has 24 heavy (non-hydrogen) atoms.